The summed E-state index contributed by atoms with van der Waals surface area (Å²) in [5.41, 5.74) is 0.535. The van der Waals surface area contributed by atoms with Gasteiger partial charge < -0.3 is 24.8 Å². The first-order chi connectivity index (χ1) is 11.6. The van der Waals surface area contributed by atoms with Gasteiger partial charge in [0.25, 0.3) is 0 Å². The first-order valence-corrected chi connectivity index (χ1v) is 8.70. The number of hydrogen-bond donors (Lipinski definition) is 2. The number of nitrogens with zero attached hydrogens (tertiary/aromatic N) is 2. The highest BCUT2D eigenvalue weighted by Crippen LogP contribution is 2.32. The van der Waals surface area contributed by atoms with Gasteiger partial charge in [0.15, 0.2) is 17.5 Å². The van der Waals surface area contributed by atoms with Crippen LogP contribution in [0.15, 0.2) is 23.2 Å². The van der Waals surface area contributed by atoms with E-state index in [0.717, 1.165) is 48.8 Å². The summed E-state index contributed by atoms with van der Waals surface area (Å²) < 4.78 is 11.2. The summed E-state index contributed by atoms with van der Waals surface area (Å²) in [4.78, 5) is 6.68. The van der Waals surface area contributed by atoms with Crippen LogP contribution in [0.4, 0.5) is 0 Å². The number of ether oxygens (including phenoxy) is 2. The van der Waals surface area contributed by atoms with E-state index in [1.165, 1.54) is 0 Å². The smallest absolute Gasteiger partial charge is 0.194 e. The topological polar surface area (TPSA) is 66.3 Å². The molecule has 0 amide bonds. The van der Waals surface area contributed by atoms with E-state index in [1.807, 2.05) is 32.2 Å². The Bertz CT molecular complexity index is 605. The molecule has 0 bridgehead atoms. The van der Waals surface area contributed by atoms with Gasteiger partial charge in [-0.05, 0) is 43.9 Å². The van der Waals surface area contributed by atoms with Crippen molar-refractivity contribution in [1.29, 1.82) is 0 Å². The fourth-order valence-electron chi connectivity index (χ4n) is 2.97. The number of halogens is 1. The zero-order chi connectivity index (χ0) is 17.0. The Balaban J connectivity index is 0.00000225. The highest BCUT2D eigenvalue weighted by Gasteiger charge is 2.34. The van der Waals surface area contributed by atoms with Crippen molar-refractivity contribution in [1.82, 2.24) is 10.2 Å². The largest absolute Gasteiger partial charge is 0.486 e. The van der Waals surface area contributed by atoms with Gasteiger partial charge in [-0.15, -0.1) is 24.0 Å². The molecule has 1 aliphatic heterocycles. The summed E-state index contributed by atoms with van der Waals surface area (Å²) >= 11 is 0. The average Bonchev–Trinajstić information content (AvgIpc) is 2.56. The lowest BCUT2D eigenvalue weighted by Gasteiger charge is -2.35. The Morgan fingerprint density at radius 3 is 2.64 bits per heavy atom. The van der Waals surface area contributed by atoms with Crippen LogP contribution >= 0.6 is 24.0 Å². The molecule has 0 spiro atoms. The SMILES string of the molecule is CCNC(=NCC1(O)CCC1)N(C)Cc1ccc2c(c1)OCCO2.I. The summed E-state index contributed by atoms with van der Waals surface area (Å²) in [6.07, 6.45) is 2.79. The van der Waals surface area contributed by atoms with E-state index in [2.05, 4.69) is 15.2 Å². The molecule has 0 saturated heterocycles. The maximum absolute atomic E-state index is 10.2. The Morgan fingerprint density at radius 2 is 2.00 bits per heavy atom. The van der Waals surface area contributed by atoms with Crippen LogP contribution in [0.1, 0.15) is 31.7 Å². The minimum Gasteiger partial charge on any atom is -0.486 e. The third kappa shape index (κ3) is 5.13. The van der Waals surface area contributed by atoms with E-state index in [4.69, 9.17) is 9.47 Å². The quantitative estimate of drug-likeness (QED) is 0.401. The van der Waals surface area contributed by atoms with Crippen molar-refractivity contribution in [3.63, 3.8) is 0 Å². The van der Waals surface area contributed by atoms with Crippen LogP contribution in [-0.2, 0) is 6.54 Å². The molecule has 0 aromatic heterocycles. The van der Waals surface area contributed by atoms with Crippen LogP contribution < -0.4 is 14.8 Å². The molecule has 2 aliphatic rings. The van der Waals surface area contributed by atoms with Crippen LogP contribution in [0.5, 0.6) is 11.5 Å². The zero-order valence-corrected chi connectivity index (χ0v) is 17.3. The van der Waals surface area contributed by atoms with Gasteiger partial charge >= 0.3 is 0 Å². The van der Waals surface area contributed by atoms with Gasteiger partial charge in [0.1, 0.15) is 13.2 Å². The van der Waals surface area contributed by atoms with Crippen molar-refractivity contribution in [2.75, 3.05) is 33.4 Å². The van der Waals surface area contributed by atoms with Crippen LogP contribution in [-0.4, -0.2) is 54.9 Å². The third-order valence-corrected chi connectivity index (χ3v) is 4.53. The van der Waals surface area contributed by atoms with Crippen LogP contribution in [0.25, 0.3) is 0 Å². The van der Waals surface area contributed by atoms with Crippen LogP contribution in [0.3, 0.4) is 0 Å². The van der Waals surface area contributed by atoms with Crippen LogP contribution in [0, 0.1) is 0 Å². The molecule has 2 N–H and O–H groups in total. The van der Waals surface area contributed by atoms with Crippen molar-refractivity contribution in [3.8, 4) is 11.5 Å². The summed E-state index contributed by atoms with van der Waals surface area (Å²) in [6.45, 7) is 5.21. The Morgan fingerprint density at radius 1 is 1.28 bits per heavy atom. The van der Waals surface area contributed by atoms with Crippen molar-refractivity contribution < 1.29 is 14.6 Å². The molecular formula is C18H28IN3O3. The minimum atomic E-state index is -0.599. The number of benzene rings is 1. The summed E-state index contributed by atoms with van der Waals surface area (Å²) in [5, 5.41) is 13.5. The number of aliphatic imine (C=N–C) groups is 1. The number of aliphatic hydroxyl groups is 1. The van der Waals surface area contributed by atoms with E-state index < -0.39 is 5.60 Å². The minimum absolute atomic E-state index is 0. The fourth-order valence-corrected chi connectivity index (χ4v) is 2.97. The van der Waals surface area contributed by atoms with Crippen LogP contribution in [0.2, 0.25) is 0 Å². The van der Waals surface area contributed by atoms with Crippen molar-refractivity contribution in [2.24, 2.45) is 4.99 Å². The zero-order valence-electron chi connectivity index (χ0n) is 15.0. The molecule has 7 heteroatoms. The second-order valence-corrected chi connectivity index (χ2v) is 6.58. The highest BCUT2D eigenvalue weighted by atomic mass is 127. The molecule has 1 saturated carbocycles. The van der Waals surface area contributed by atoms with Gasteiger partial charge in [0.05, 0.1) is 12.1 Å². The van der Waals surface area contributed by atoms with Gasteiger partial charge in [-0.2, -0.15) is 0 Å². The Kier molecular flexibility index (Phi) is 7.18. The van der Waals surface area contributed by atoms with Gasteiger partial charge in [-0.3, -0.25) is 4.99 Å². The maximum Gasteiger partial charge on any atom is 0.194 e. The number of hydrogen-bond acceptors (Lipinski definition) is 4. The molecule has 3 rings (SSSR count). The molecule has 0 atom stereocenters. The molecule has 1 aromatic carbocycles. The van der Waals surface area contributed by atoms with E-state index in [1.54, 1.807) is 0 Å². The van der Waals surface area contributed by atoms with Gasteiger partial charge in [0.2, 0.25) is 0 Å². The monoisotopic (exact) mass is 461 g/mol. The number of rotatable bonds is 5. The normalized spacial score (nSPS) is 18.0. The highest BCUT2D eigenvalue weighted by molar-refractivity contribution is 14.0. The van der Waals surface area contributed by atoms with E-state index in [9.17, 15) is 5.11 Å². The molecule has 25 heavy (non-hydrogen) atoms. The molecule has 1 aromatic rings. The Labute approximate surface area is 166 Å². The molecule has 1 fully saturated rings. The lowest BCUT2D eigenvalue weighted by Crippen LogP contribution is -2.43. The predicted molar refractivity (Wildman–Crippen MR) is 109 cm³/mol. The predicted octanol–water partition coefficient (Wildman–Crippen LogP) is 2.39. The fraction of sp³-hybridized carbons (Fsp3) is 0.611. The molecule has 1 heterocycles. The molecule has 140 valence electrons. The molecular weight excluding hydrogens is 433 g/mol. The molecule has 6 nitrogen and oxygen atoms in total. The van der Waals surface area contributed by atoms with Gasteiger partial charge in [-0.25, -0.2) is 0 Å². The molecule has 0 radical (unpaired) electrons. The first-order valence-electron chi connectivity index (χ1n) is 8.70. The number of nitrogens with one attached hydrogen (secondary N) is 1. The standard InChI is InChI=1S/C18H27N3O3.HI/c1-3-19-17(20-13-18(22)7-4-8-18)21(2)12-14-5-6-15-16(11-14)24-10-9-23-15;/h5-6,11,22H,3-4,7-10,12-13H2,1-2H3,(H,19,20);1H. The second kappa shape index (κ2) is 8.93. The lowest BCUT2D eigenvalue weighted by atomic mass is 9.80. The van der Waals surface area contributed by atoms with Crippen molar-refractivity contribution >= 4 is 29.9 Å². The third-order valence-electron chi connectivity index (χ3n) is 4.53. The number of guanidine groups is 1. The van der Waals surface area contributed by atoms with Gasteiger partial charge in [-0.1, -0.05) is 6.07 Å². The van der Waals surface area contributed by atoms with E-state index in [-0.39, 0.29) is 24.0 Å². The van der Waals surface area contributed by atoms with E-state index >= 15 is 0 Å². The summed E-state index contributed by atoms with van der Waals surface area (Å²) in [6, 6.07) is 6.03. The summed E-state index contributed by atoms with van der Waals surface area (Å²) in [7, 11) is 2.00. The van der Waals surface area contributed by atoms with E-state index in [0.29, 0.717) is 26.3 Å². The lowest BCUT2D eigenvalue weighted by molar-refractivity contribution is -0.0237. The second-order valence-electron chi connectivity index (χ2n) is 6.58. The van der Waals surface area contributed by atoms with Crippen molar-refractivity contribution in [3.05, 3.63) is 23.8 Å². The van der Waals surface area contributed by atoms with Crippen molar-refractivity contribution in [2.45, 2.75) is 38.3 Å². The Hall–Kier alpha value is -1.22. The molecule has 1 aliphatic carbocycles. The average molecular weight is 461 g/mol. The summed E-state index contributed by atoms with van der Waals surface area (Å²) in [5.74, 6) is 2.42. The molecule has 0 unspecified atom stereocenters. The number of fused-ring (bicyclic) bond motifs is 1. The first kappa shape index (κ1) is 20.1. The van der Waals surface area contributed by atoms with Gasteiger partial charge in [0, 0.05) is 20.1 Å². The maximum atomic E-state index is 10.2.